The molecule has 1 fully saturated rings. The number of amides is 2. The van der Waals surface area contributed by atoms with Crippen molar-refractivity contribution in [2.24, 2.45) is 5.84 Å². The van der Waals surface area contributed by atoms with Gasteiger partial charge >= 0.3 is 6.03 Å². The number of nitrogens with two attached hydrogens (primary N) is 1. The van der Waals surface area contributed by atoms with Gasteiger partial charge in [-0.2, -0.15) is 0 Å². The van der Waals surface area contributed by atoms with Gasteiger partial charge in [0.1, 0.15) is 0 Å². The molecule has 0 aromatic heterocycles. The molecule has 0 radical (unpaired) electrons. The van der Waals surface area contributed by atoms with Crippen molar-refractivity contribution in [2.45, 2.75) is 18.9 Å². The summed E-state index contributed by atoms with van der Waals surface area (Å²) in [5, 5.41) is 0. The lowest BCUT2D eigenvalue weighted by atomic mass is 10.2. The molecule has 1 saturated heterocycles. The van der Waals surface area contributed by atoms with Crippen molar-refractivity contribution in [1.29, 1.82) is 0 Å². The first kappa shape index (κ1) is 9.28. The minimum atomic E-state index is -0.213. The third kappa shape index (κ3) is 1.86. The van der Waals surface area contributed by atoms with Gasteiger partial charge in [0.15, 0.2) is 0 Å². The van der Waals surface area contributed by atoms with Gasteiger partial charge in [-0.3, -0.25) is 5.43 Å². The zero-order chi connectivity index (χ0) is 8.97. The molecule has 1 unspecified atom stereocenters. The van der Waals surface area contributed by atoms with Gasteiger partial charge in [0.05, 0.1) is 12.6 Å². The SMILES string of the molecule is COCC1CCCN1C(=O)NN. The first-order valence-corrected chi connectivity index (χ1v) is 4.05. The van der Waals surface area contributed by atoms with Gasteiger partial charge in [0, 0.05) is 13.7 Å². The van der Waals surface area contributed by atoms with Crippen molar-refractivity contribution in [2.75, 3.05) is 20.3 Å². The van der Waals surface area contributed by atoms with Gasteiger partial charge in [-0.25, -0.2) is 10.6 Å². The fourth-order valence-corrected chi connectivity index (χ4v) is 1.55. The van der Waals surface area contributed by atoms with Crippen LogP contribution >= 0.6 is 0 Å². The number of carbonyl (C=O) groups is 1. The summed E-state index contributed by atoms with van der Waals surface area (Å²) in [6, 6.07) is -0.0203. The van der Waals surface area contributed by atoms with E-state index in [9.17, 15) is 4.79 Å². The van der Waals surface area contributed by atoms with E-state index in [0.717, 1.165) is 19.4 Å². The zero-order valence-corrected chi connectivity index (χ0v) is 7.25. The van der Waals surface area contributed by atoms with Gasteiger partial charge in [-0.15, -0.1) is 0 Å². The molecule has 0 aromatic carbocycles. The predicted octanol–water partition coefficient (Wildman–Crippen LogP) is -0.319. The normalized spacial score (nSPS) is 22.8. The third-order valence-electron chi connectivity index (χ3n) is 2.12. The van der Waals surface area contributed by atoms with Crippen LogP contribution in [0.2, 0.25) is 0 Å². The standard InChI is InChI=1S/C7H15N3O2/c1-12-5-6-3-2-4-10(6)7(11)9-8/h6H,2-5,8H2,1H3,(H,9,11). The smallest absolute Gasteiger partial charge is 0.331 e. The Morgan fingerprint density at radius 1 is 1.83 bits per heavy atom. The van der Waals surface area contributed by atoms with E-state index in [1.807, 2.05) is 0 Å². The Morgan fingerprint density at radius 2 is 2.58 bits per heavy atom. The second-order valence-corrected chi connectivity index (χ2v) is 2.89. The van der Waals surface area contributed by atoms with E-state index in [-0.39, 0.29) is 12.1 Å². The molecule has 1 atom stereocenters. The number of hydrazine groups is 1. The lowest BCUT2D eigenvalue weighted by molar-refractivity contribution is 0.123. The van der Waals surface area contributed by atoms with Crippen LogP contribution < -0.4 is 11.3 Å². The maximum Gasteiger partial charge on any atom is 0.331 e. The topological polar surface area (TPSA) is 67.6 Å². The van der Waals surface area contributed by atoms with E-state index in [2.05, 4.69) is 5.43 Å². The summed E-state index contributed by atoms with van der Waals surface area (Å²) in [5.74, 6) is 5.03. The van der Waals surface area contributed by atoms with E-state index >= 15 is 0 Å². The number of urea groups is 1. The van der Waals surface area contributed by atoms with Gasteiger partial charge in [0.25, 0.3) is 0 Å². The van der Waals surface area contributed by atoms with Crippen LogP contribution in [0.25, 0.3) is 0 Å². The average molecular weight is 173 g/mol. The van der Waals surface area contributed by atoms with Crippen LogP contribution in [-0.4, -0.2) is 37.2 Å². The van der Waals surface area contributed by atoms with Crippen molar-refractivity contribution in [3.8, 4) is 0 Å². The highest BCUT2D eigenvalue weighted by molar-refractivity contribution is 5.74. The average Bonchev–Trinajstić information content (AvgIpc) is 2.52. The molecule has 12 heavy (non-hydrogen) atoms. The number of likely N-dealkylation sites (tertiary alicyclic amines) is 1. The Kier molecular flexibility index (Phi) is 3.31. The Bertz CT molecular complexity index is 163. The Labute approximate surface area is 71.8 Å². The van der Waals surface area contributed by atoms with Crippen LogP contribution in [0.1, 0.15) is 12.8 Å². The minimum absolute atomic E-state index is 0.193. The number of nitrogens with one attached hydrogen (secondary N) is 1. The Morgan fingerprint density at radius 3 is 3.17 bits per heavy atom. The molecule has 0 saturated carbocycles. The molecular formula is C7H15N3O2. The maximum atomic E-state index is 11.1. The molecule has 5 nitrogen and oxygen atoms in total. The predicted molar refractivity (Wildman–Crippen MR) is 44.3 cm³/mol. The van der Waals surface area contributed by atoms with Crippen LogP contribution in [0.5, 0.6) is 0 Å². The van der Waals surface area contributed by atoms with Crippen molar-refractivity contribution in [1.82, 2.24) is 10.3 Å². The van der Waals surface area contributed by atoms with Crippen molar-refractivity contribution >= 4 is 6.03 Å². The lowest BCUT2D eigenvalue weighted by Crippen LogP contribution is -2.46. The van der Waals surface area contributed by atoms with Crippen molar-refractivity contribution < 1.29 is 9.53 Å². The van der Waals surface area contributed by atoms with Crippen LogP contribution in [-0.2, 0) is 4.74 Å². The van der Waals surface area contributed by atoms with Crippen LogP contribution in [0, 0.1) is 0 Å². The molecule has 70 valence electrons. The van der Waals surface area contributed by atoms with Crippen LogP contribution in [0.4, 0.5) is 4.79 Å². The Balaban J connectivity index is 2.45. The summed E-state index contributed by atoms with van der Waals surface area (Å²) in [5.41, 5.74) is 2.13. The number of hydrogen-bond donors (Lipinski definition) is 2. The summed E-state index contributed by atoms with van der Waals surface area (Å²) < 4.78 is 4.99. The molecule has 2 amide bonds. The molecule has 1 rings (SSSR count). The largest absolute Gasteiger partial charge is 0.383 e. The van der Waals surface area contributed by atoms with Gasteiger partial charge in [0.2, 0.25) is 0 Å². The van der Waals surface area contributed by atoms with Crippen LogP contribution in [0.3, 0.4) is 0 Å². The lowest BCUT2D eigenvalue weighted by Gasteiger charge is -2.22. The second kappa shape index (κ2) is 4.27. The molecule has 1 aliphatic rings. The molecule has 0 bridgehead atoms. The van der Waals surface area contributed by atoms with Crippen LogP contribution in [0.15, 0.2) is 0 Å². The third-order valence-corrected chi connectivity index (χ3v) is 2.12. The molecule has 1 heterocycles. The highest BCUT2D eigenvalue weighted by atomic mass is 16.5. The van der Waals surface area contributed by atoms with Gasteiger partial charge in [-0.05, 0) is 12.8 Å². The number of methoxy groups -OCH3 is 1. The molecule has 0 spiro atoms. The molecule has 0 aliphatic carbocycles. The first-order valence-electron chi connectivity index (χ1n) is 4.05. The quantitative estimate of drug-likeness (QED) is 0.341. The molecular weight excluding hydrogens is 158 g/mol. The first-order chi connectivity index (χ1) is 5.79. The van der Waals surface area contributed by atoms with E-state index in [4.69, 9.17) is 10.6 Å². The van der Waals surface area contributed by atoms with Gasteiger partial charge in [-0.1, -0.05) is 0 Å². The molecule has 1 aliphatic heterocycles. The fourth-order valence-electron chi connectivity index (χ4n) is 1.55. The number of hydrogen-bond acceptors (Lipinski definition) is 3. The highest BCUT2D eigenvalue weighted by Crippen LogP contribution is 2.16. The summed E-state index contributed by atoms with van der Waals surface area (Å²) in [6.07, 6.45) is 2.03. The number of rotatable bonds is 2. The zero-order valence-electron chi connectivity index (χ0n) is 7.25. The number of nitrogens with zero attached hydrogens (tertiary/aromatic N) is 1. The fraction of sp³-hybridized carbons (Fsp3) is 0.857. The van der Waals surface area contributed by atoms with Crippen molar-refractivity contribution in [3.05, 3.63) is 0 Å². The number of carbonyl (C=O) groups excluding carboxylic acids is 1. The van der Waals surface area contributed by atoms with E-state index in [0.29, 0.717) is 6.61 Å². The second-order valence-electron chi connectivity index (χ2n) is 2.89. The molecule has 3 N–H and O–H groups in total. The summed E-state index contributed by atoms with van der Waals surface area (Å²) in [4.78, 5) is 12.8. The molecule has 0 aromatic rings. The van der Waals surface area contributed by atoms with Gasteiger partial charge < -0.3 is 9.64 Å². The highest BCUT2D eigenvalue weighted by Gasteiger charge is 2.27. The van der Waals surface area contributed by atoms with E-state index in [1.54, 1.807) is 12.0 Å². The summed E-state index contributed by atoms with van der Waals surface area (Å²) in [7, 11) is 1.64. The maximum absolute atomic E-state index is 11.1. The van der Waals surface area contributed by atoms with E-state index < -0.39 is 0 Å². The van der Waals surface area contributed by atoms with Crippen molar-refractivity contribution in [3.63, 3.8) is 0 Å². The minimum Gasteiger partial charge on any atom is -0.383 e. The molecule has 5 heteroatoms. The summed E-state index contributed by atoms with van der Waals surface area (Å²) in [6.45, 7) is 1.37. The summed E-state index contributed by atoms with van der Waals surface area (Å²) >= 11 is 0. The van der Waals surface area contributed by atoms with E-state index in [1.165, 1.54) is 0 Å². The number of ether oxygens (including phenoxy) is 1. The monoisotopic (exact) mass is 173 g/mol. The Hall–Kier alpha value is -0.810.